The summed E-state index contributed by atoms with van der Waals surface area (Å²) < 4.78 is 42.0. The van der Waals surface area contributed by atoms with Gasteiger partial charge in [-0.1, -0.05) is 13.8 Å². The zero-order chi connectivity index (χ0) is 23.0. The van der Waals surface area contributed by atoms with Crippen molar-refractivity contribution in [1.82, 2.24) is 29.7 Å². The highest BCUT2D eigenvalue weighted by molar-refractivity contribution is 6.08. The van der Waals surface area contributed by atoms with Crippen LogP contribution in [0.5, 0.6) is 0 Å². The molecule has 2 aliphatic rings. The smallest absolute Gasteiger partial charge is 0.352 e. The minimum Gasteiger partial charge on any atom is -0.352 e. The molecule has 0 radical (unpaired) electrons. The molecule has 0 aliphatic carbocycles. The molecule has 3 aromatic rings. The van der Waals surface area contributed by atoms with Crippen molar-refractivity contribution in [1.29, 1.82) is 0 Å². The fraction of sp³-hybridized carbons (Fsp3) is 0.500. The summed E-state index contributed by atoms with van der Waals surface area (Å²) in [6.45, 7) is 6.72. The second-order valence-electron chi connectivity index (χ2n) is 7.70. The minimum atomic E-state index is -4.68. The average molecular weight is 450 g/mol. The molecule has 32 heavy (non-hydrogen) atoms. The van der Waals surface area contributed by atoms with Crippen LogP contribution in [0.2, 0.25) is 0 Å². The SMILES string of the molecule is CC.Cn1cc(NC(=O)c2cnn3ccc(N4CC5CNCC4C5)nc23)c(C(F)(F)F)n1. The third-order valence-corrected chi connectivity index (χ3v) is 5.55. The molecule has 2 aliphatic heterocycles. The lowest BCUT2D eigenvalue weighted by molar-refractivity contribution is -0.140. The average Bonchev–Trinajstić information content (AvgIpc) is 3.43. The topological polar surface area (TPSA) is 92.4 Å². The number of carbonyl (C=O) groups is 1. The highest BCUT2D eigenvalue weighted by Crippen LogP contribution is 2.34. The predicted octanol–water partition coefficient (Wildman–Crippen LogP) is 2.56. The Morgan fingerprint density at radius 3 is 2.78 bits per heavy atom. The van der Waals surface area contributed by atoms with E-state index in [1.54, 1.807) is 6.20 Å². The summed E-state index contributed by atoms with van der Waals surface area (Å²) in [6, 6.07) is 2.18. The Bertz CT molecular complexity index is 1120. The summed E-state index contributed by atoms with van der Waals surface area (Å²) in [4.78, 5) is 19.6. The zero-order valence-corrected chi connectivity index (χ0v) is 18.0. The Balaban J connectivity index is 0.00000119. The van der Waals surface area contributed by atoms with E-state index in [9.17, 15) is 18.0 Å². The van der Waals surface area contributed by atoms with Crippen LogP contribution in [0.25, 0.3) is 5.65 Å². The van der Waals surface area contributed by atoms with Crippen molar-refractivity contribution in [2.45, 2.75) is 32.5 Å². The van der Waals surface area contributed by atoms with Gasteiger partial charge in [0.1, 0.15) is 11.4 Å². The molecule has 172 valence electrons. The van der Waals surface area contributed by atoms with Crippen molar-refractivity contribution in [3.63, 3.8) is 0 Å². The number of carbonyl (C=O) groups excluding carboxylic acids is 1. The van der Waals surface area contributed by atoms with E-state index in [0.717, 1.165) is 42.8 Å². The molecule has 2 bridgehead atoms. The molecular formula is C20H25F3N8O. The van der Waals surface area contributed by atoms with Gasteiger partial charge in [-0.05, 0) is 24.9 Å². The van der Waals surface area contributed by atoms with Crippen LogP contribution in [-0.2, 0) is 13.2 Å². The van der Waals surface area contributed by atoms with E-state index in [1.165, 1.54) is 17.8 Å². The Morgan fingerprint density at radius 1 is 1.28 bits per heavy atom. The van der Waals surface area contributed by atoms with Crippen LogP contribution < -0.4 is 15.5 Å². The van der Waals surface area contributed by atoms with Crippen molar-refractivity contribution in [2.75, 3.05) is 29.9 Å². The summed E-state index contributed by atoms with van der Waals surface area (Å²) in [6.07, 6.45) is 0.527. The molecule has 3 aromatic heterocycles. The lowest BCUT2D eigenvalue weighted by Crippen LogP contribution is -2.39. The molecule has 2 N–H and O–H groups in total. The Labute approximate surface area is 182 Å². The highest BCUT2D eigenvalue weighted by Gasteiger charge is 2.38. The molecule has 12 heteroatoms. The number of amides is 1. The summed E-state index contributed by atoms with van der Waals surface area (Å²) in [7, 11) is 1.36. The minimum absolute atomic E-state index is 0.0918. The summed E-state index contributed by atoms with van der Waals surface area (Å²) in [5.74, 6) is 0.557. The van der Waals surface area contributed by atoms with Crippen LogP contribution in [0.4, 0.5) is 24.7 Å². The normalized spacial score (nSPS) is 20.2. The number of hydrogen-bond donors (Lipinski definition) is 2. The number of halogens is 3. The summed E-state index contributed by atoms with van der Waals surface area (Å²) in [5, 5.41) is 13.2. The number of rotatable bonds is 3. The first-order valence-corrected chi connectivity index (χ1v) is 10.5. The third kappa shape index (κ3) is 4.01. The van der Waals surface area contributed by atoms with Crippen molar-refractivity contribution >= 4 is 23.1 Å². The molecule has 5 heterocycles. The molecule has 2 unspecified atom stereocenters. The zero-order valence-electron chi connectivity index (χ0n) is 18.0. The molecule has 0 spiro atoms. The lowest BCUT2D eigenvalue weighted by atomic mass is 10.0. The molecule has 0 aromatic carbocycles. The fourth-order valence-electron chi connectivity index (χ4n) is 4.25. The first-order valence-electron chi connectivity index (χ1n) is 10.5. The van der Waals surface area contributed by atoms with Gasteiger partial charge >= 0.3 is 6.18 Å². The van der Waals surface area contributed by atoms with Gasteiger partial charge in [-0.2, -0.15) is 23.4 Å². The number of alkyl halides is 3. The van der Waals surface area contributed by atoms with Crippen LogP contribution in [0.15, 0.2) is 24.7 Å². The van der Waals surface area contributed by atoms with Crippen LogP contribution in [-0.4, -0.2) is 56.0 Å². The lowest BCUT2D eigenvalue weighted by Gasteiger charge is -2.25. The van der Waals surface area contributed by atoms with Crippen molar-refractivity contribution in [2.24, 2.45) is 13.0 Å². The van der Waals surface area contributed by atoms with Gasteiger partial charge in [0, 0.05) is 38.6 Å². The van der Waals surface area contributed by atoms with E-state index in [1.807, 2.05) is 19.9 Å². The Kier molecular flexibility index (Phi) is 5.80. The molecule has 0 saturated carbocycles. The monoisotopic (exact) mass is 450 g/mol. The largest absolute Gasteiger partial charge is 0.437 e. The number of fused-ring (bicyclic) bond motifs is 3. The highest BCUT2D eigenvalue weighted by atomic mass is 19.4. The molecule has 5 rings (SSSR count). The third-order valence-electron chi connectivity index (χ3n) is 5.55. The Hall–Kier alpha value is -3.15. The van der Waals surface area contributed by atoms with E-state index < -0.39 is 23.5 Å². The van der Waals surface area contributed by atoms with Gasteiger partial charge < -0.3 is 15.5 Å². The maximum absolute atomic E-state index is 13.2. The second kappa shape index (κ2) is 8.41. The number of anilines is 2. The summed E-state index contributed by atoms with van der Waals surface area (Å²) >= 11 is 0. The quantitative estimate of drug-likeness (QED) is 0.637. The number of nitrogens with one attached hydrogen (secondary N) is 2. The van der Waals surface area contributed by atoms with Crippen LogP contribution in [0.1, 0.15) is 36.3 Å². The number of nitrogens with zero attached hydrogens (tertiary/aromatic N) is 6. The van der Waals surface area contributed by atoms with E-state index >= 15 is 0 Å². The van der Waals surface area contributed by atoms with Crippen molar-refractivity contribution < 1.29 is 18.0 Å². The Morgan fingerprint density at radius 2 is 2.06 bits per heavy atom. The van der Waals surface area contributed by atoms with E-state index in [4.69, 9.17) is 0 Å². The van der Waals surface area contributed by atoms with Gasteiger partial charge in [0.25, 0.3) is 5.91 Å². The van der Waals surface area contributed by atoms with Gasteiger partial charge in [0.15, 0.2) is 11.3 Å². The summed E-state index contributed by atoms with van der Waals surface area (Å²) in [5.41, 5.74) is -1.18. The van der Waals surface area contributed by atoms with Crippen molar-refractivity contribution in [3.8, 4) is 0 Å². The van der Waals surface area contributed by atoms with E-state index in [0.29, 0.717) is 12.0 Å². The van der Waals surface area contributed by atoms with Gasteiger partial charge in [-0.25, -0.2) is 9.50 Å². The molecule has 1 amide bonds. The molecular weight excluding hydrogens is 425 g/mol. The maximum atomic E-state index is 13.2. The number of hydrogen-bond acceptors (Lipinski definition) is 6. The van der Waals surface area contributed by atoms with Crippen LogP contribution in [0, 0.1) is 5.92 Å². The van der Waals surface area contributed by atoms with Crippen molar-refractivity contribution in [3.05, 3.63) is 35.9 Å². The standard InChI is InChI=1S/C18H19F3N8O.C2H6/c1-27-9-13(15(26-27)18(19,20)21)24-17(30)12-7-23-29-3-2-14(25-16(12)29)28-8-10-4-11(28)6-22-5-10;1-2/h2-3,7,9-11,22H,4-6,8H2,1H3,(H,24,30);1-2H3. The predicted molar refractivity (Wildman–Crippen MR) is 113 cm³/mol. The van der Waals surface area contributed by atoms with Gasteiger partial charge in [-0.3, -0.25) is 9.48 Å². The van der Waals surface area contributed by atoms with Gasteiger partial charge in [0.2, 0.25) is 0 Å². The van der Waals surface area contributed by atoms with Crippen LogP contribution in [0.3, 0.4) is 0 Å². The van der Waals surface area contributed by atoms with Gasteiger partial charge in [0.05, 0.1) is 11.9 Å². The van der Waals surface area contributed by atoms with E-state index in [-0.39, 0.29) is 11.2 Å². The first kappa shape index (κ1) is 22.1. The fourth-order valence-corrected chi connectivity index (χ4v) is 4.25. The van der Waals surface area contributed by atoms with Crippen LogP contribution >= 0.6 is 0 Å². The first-order chi connectivity index (χ1) is 15.3. The molecule has 2 atom stereocenters. The second-order valence-corrected chi connectivity index (χ2v) is 7.70. The molecule has 2 saturated heterocycles. The number of aryl methyl sites for hydroxylation is 1. The number of piperidine rings is 1. The number of aromatic nitrogens is 5. The maximum Gasteiger partial charge on any atom is 0.437 e. The van der Waals surface area contributed by atoms with Gasteiger partial charge in [-0.15, -0.1) is 0 Å². The molecule has 2 fully saturated rings. The molecule has 9 nitrogen and oxygen atoms in total. The van der Waals surface area contributed by atoms with E-state index in [2.05, 4.69) is 30.7 Å².